The van der Waals surface area contributed by atoms with E-state index in [4.69, 9.17) is 25.8 Å². The molecule has 0 bridgehead atoms. The number of esters is 2. The largest absolute Gasteiger partial charge is 0.493 e. The summed E-state index contributed by atoms with van der Waals surface area (Å²) in [4.78, 5) is 31.1. The fourth-order valence-electron chi connectivity index (χ4n) is 3.39. The van der Waals surface area contributed by atoms with Crippen molar-refractivity contribution in [2.75, 3.05) is 19.0 Å². The van der Waals surface area contributed by atoms with Crippen LogP contribution in [0.2, 0.25) is 5.02 Å². The van der Waals surface area contributed by atoms with Gasteiger partial charge in [-0.25, -0.2) is 9.97 Å². The molecular formula is C25H27ClN3O5. The molecule has 0 aliphatic rings. The first kappa shape index (κ1) is 25.2. The zero-order chi connectivity index (χ0) is 24.5. The Morgan fingerprint density at radius 2 is 1.88 bits per heavy atom. The highest BCUT2D eigenvalue weighted by molar-refractivity contribution is 6.30. The molecule has 3 aromatic rings. The molecule has 0 atom stereocenters. The van der Waals surface area contributed by atoms with Crippen molar-refractivity contribution in [3.05, 3.63) is 53.7 Å². The molecule has 0 spiro atoms. The number of aromatic nitrogens is 2. The molecule has 0 saturated heterocycles. The Bertz CT molecular complexity index is 1170. The first-order chi connectivity index (χ1) is 16.4. The third-order valence-corrected chi connectivity index (χ3v) is 5.21. The van der Waals surface area contributed by atoms with Crippen LogP contribution in [0.3, 0.4) is 0 Å². The third-order valence-electron chi connectivity index (χ3n) is 4.97. The van der Waals surface area contributed by atoms with Crippen LogP contribution in [0.25, 0.3) is 10.9 Å². The third kappa shape index (κ3) is 7.05. The average Bonchev–Trinajstić information content (AvgIpc) is 2.79. The van der Waals surface area contributed by atoms with Crippen LogP contribution in [0.4, 0.5) is 11.5 Å². The Balaban J connectivity index is 1.78. The van der Waals surface area contributed by atoms with Gasteiger partial charge < -0.3 is 19.5 Å². The van der Waals surface area contributed by atoms with E-state index < -0.39 is 5.97 Å². The van der Waals surface area contributed by atoms with Crippen molar-refractivity contribution < 1.29 is 23.8 Å². The minimum Gasteiger partial charge on any atom is -0.493 e. The molecule has 1 aromatic heterocycles. The fraction of sp³-hybridized carbons (Fsp3) is 0.320. The smallest absolute Gasteiger partial charge is 0.308 e. The molecule has 34 heavy (non-hydrogen) atoms. The highest BCUT2D eigenvalue weighted by atomic mass is 35.5. The van der Waals surface area contributed by atoms with Crippen LogP contribution in [0.15, 0.2) is 36.7 Å². The van der Waals surface area contributed by atoms with E-state index in [9.17, 15) is 9.59 Å². The van der Waals surface area contributed by atoms with Crippen molar-refractivity contribution >= 4 is 45.9 Å². The topological polar surface area (TPSA) is 99.6 Å². The van der Waals surface area contributed by atoms with E-state index in [1.807, 2.05) is 18.2 Å². The molecule has 0 saturated carbocycles. The molecule has 0 unspecified atom stereocenters. The van der Waals surface area contributed by atoms with Gasteiger partial charge in [0, 0.05) is 36.0 Å². The number of methoxy groups -OCH3 is 1. The summed E-state index contributed by atoms with van der Waals surface area (Å²) in [7, 11) is 1.50. The molecule has 179 valence electrons. The number of fused-ring (bicyclic) bond motifs is 1. The maximum Gasteiger partial charge on any atom is 0.308 e. The lowest BCUT2D eigenvalue weighted by Gasteiger charge is -2.15. The van der Waals surface area contributed by atoms with Crippen LogP contribution >= 0.6 is 11.6 Å². The van der Waals surface area contributed by atoms with Crippen molar-refractivity contribution in [3.8, 4) is 11.5 Å². The Kier molecular flexibility index (Phi) is 9.04. The van der Waals surface area contributed by atoms with E-state index in [-0.39, 0.29) is 11.7 Å². The number of nitrogens with one attached hydrogen (secondary N) is 1. The van der Waals surface area contributed by atoms with Crippen LogP contribution in [-0.2, 0) is 20.7 Å². The lowest BCUT2D eigenvalue weighted by molar-refractivity contribution is -0.141. The van der Waals surface area contributed by atoms with Crippen LogP contribution < -0.4 is 14.8 Å². The number of rotatable bonds is 11. The molecule has 1 N–H and O–H groups in total. The van der Waals surface area contributed by atoms with E-state index in [2.05, 4.69) is 21.7 Å². The van der Waals surface area contributed by atoms with Gasteiger partial charge in [0.25, 0.3) is 0 Å². The second-order valence-corrected chi connectivity index (χ2v) is 8.03. The van der Waals surface area contributed by atoms with E-state index in [1.54, 1.807) is 12.1 Å². The molecule has 0 aliphatic heterocycles. The number of nitrogens with zero attached hydrogens (tertiary/aromatic N) is 2. The predicted molar refractivity (Wildman–Crippen MR) is 131 cm³/mol. The molecule has 0 aliphatic carbocycles. The van der Waals surface area contributed by atoms with Gasteiger partial charge in [-0.1, -0.05) is 17.7 Å². The molecule has 8 nitrogen and oxygen atoms in total. The molecule has 2 aromatic carbocycles. The molecule has 0 fully saturated rings. The Labute approximate surface area is 203 Å². The first-order valence-corrected chi connectivity index (χ1v) is 11.3. The number of anilines is 2. The lowest BCUT2D eigenvalue weighted by atomic mass is 10.0. The highest BCUT2D eigenvalue weighted by Gasteiger charge is 2.14. The van der Waals surface area contributed by atoms with Gasteiger partial charge in [0.15, 0.2) is 11.5 Å². The van der Waals surface area contributed by atoms with Crippen molar-refractivity contribution in [2.45, 2.75) is 39.5 Å². The average molecular weight is 485 g/mol. The predicted octanol–water partition coefficient (Wildman–Crippen LogP) is 5.44. The number of benzene rings is 2. The minimum atomic E-state index is -0.454. The number of hydrogen-bond donors (Lipinski definition) is 1. The monoisotopic (exact) mass is 484 g/mol. The molecule has 1 radical (unpaired) electrons. The highest BCUT2D eigenvalue weighted by Crippen LogP contribution is 2.35. The molecule has 9 heteroatoms. The molecule has 0 amide bonds. The number of halogens is 1. The SMILES string of the molecule is COc1cc2ncnc(Nc3cc(Cl)ccc3C[CH]CCCCOC(C)=O)c2cc1OC(C)=O. The summed E-state index contributed by atoms with van der Waals surface area (Å²) in [6, 6.07) is 9.03. The van der Waals surface area contributed by atoms with Gasteiger partial charge in [-0.2, -0.15) is 0 Å². The fourth-order valence-corrected chi connectivity index (χ4v) is 3.56. The number of ether oxygens (including phenoxy) is 3. The van der Waals surface area contributed by atoms with E-state index in [1.165, 1.54) is 27.3 Å². The maximum atomic E-state index is 11.5. The van der Waals surface area contributed by atoms with Crippen molar-refractivity contribution in [1.29, 1.82) is 0 Å². The molecule has 3 rings (SSSR count). The Morgan fingerprint density at radius 3 is 2.62 bits per heavy atom. The molecular weight excluding hydrogens is 458 g/mol. The summed E-state index contributed by atoms with van der Waals surface area (Å²) in [5.41, 5.74) is 2.49. The normalized spacial score (nSPS) is 10.7. The quantitative estimate of drug-likeness (QED) is 0.218. The van der Waals surface area contributed by atoms with Gasteiger partial charge in [0.05, 0.1) is 19.2 Å². The van der Waals surface area contributed by atoms with Gasteiger partial charge in [-0.15, -0.1) is 0 Å². The van der Waals surface area contributed by atoms with Gasteiger partial charge in [0.2, 0.25) is 0 Å². The summed E-state index contributed by atoms with van der Waals surface area (Å²) in [6.45, 7) is 3.18. The maximum absolute atomic E-state index is 11.5. The zero-order valence-corrected chi connectivity index (χ0v) is 20.1. The number of carbonyl (C=O) groups excluding carboxylic acids is 2. The van der Waals surface area contributed by atoms with E-state index in [0.717, 1.165) is 36.9 Å². The van der Waals surface area contributed by atoms with Crippen LogP contribution in [0.5, 0.6) is 11.5 Å². The van der Waals surface area contributed by atoms with E-state index in [0.29, 0.717) is 34.1 Å². The van der Waals surface area contributed by atoms with Crippen molar-refractivity contribution in [1.82, 2.24) is 9.97 Å². The van der Waals surface area contributed by atoms with Crippen molar-refractivity contribution in [3.63, 3.8) is 0 Å². The van der Waals surface area contributed by atoms with E-state index >= 15 is 0 Å². The summed E-state index contributed by atoms with van der Waals surface area (Å²) in [6.07, 6.45) is 7.01. The second-order valence-electron chi connectivity index (χ2n) is 7.59. The van der Waals surface area contributed by atoms with Crippen LogP contribution in [0, 0.1) is 6.42 Å². The summed E-state index contributed by atoms with van der Waals surface area (Å²) in [5.74, 6) is 0.528. The van der Waals surface area contributed by atoms with Gasteiger partial charge in [-0.05, 0) is 55.9 Å². The number of unbranched alkanes of at least 4 members (excludes halogenated alkanes) is 3. The minimum absolute atomic E-state index is 0.253. The lowest BCUT2D eigenvalue weighted by Crippen LogP contribution is -2.04. The Morgan fingerprint density at radius 1 is 1.06 bits per heavy atom. The number of carbonyl (C=O) groups is 2. The summed E-state index contributed by atoms with van der Waals surface area (Å²) >= 11 is 6.27. The van der Waals surface area contributed by atoms with Crippen molar-refractivity contribution in [2.24, 2.45) is 0 Å². The number of hydrogen-bond acceptors (Lipinski definition) is 8. The van der Waals surface area contributed by atoms with Crippen LogP contribution in [-0.4, -0.2) is 35.6 Å². The van der Waals surface area contributed by atoms with Crippen LogP contribution in [0.1, 0.15) is 38.7 Å². The summed E-state index contributed by atoms with van der Waals surface area (Å²) < 4.78 is 15.6. The Hall–Kier alpha value is -3.39. The standard InChI is InChI=1S/C25H27ClN3O5/c1-16(30)33-11-7-5-4-6-8-18-9-10-19(26)12-21(18)29-25-20-13-24(34-17(2)31)23(32-3)14-22(20)27-15-28-25/h6,9-10,12-15H,4-5,7-8,11H2,1-3H3,(H,27,28,29). The molecule has 1 heterocycles. The zero-order valence-electron chi connectivity index (χ0n) is 19.4. The second kappa shape index (κ2) is 12.2. The van der Waals surface area contributed by atoms with Gasteiger partial charge in [0.1, 0.15) is 12.1 Å². The van der Waals surface area contributed by atoms with Gasteiger partial charge in [-0.3, -0.25) is 9.59 Å². The first-order valence-electron chi connectivity index (χ1n) is 10.9. The summed E-state index contributed by atoms with van der Waals surface area (Å²) in [5, 5.41) is 4.61. The van der Waals surface area contributed by atoms with Gasteiger partial charge >= 0.3 is 11.9 Å².